The molecule has 2 nitrogen and oxygen atoms in total. The quantitative estimate of drug-likeness (QED) is 0.711. The molecule has 1 aromatic heterocycles. The average molecular weight is 210 g/mol. The lowest BCUT2D eigenvalue weighted by Crippen LogP contribution is -2.09. The maximum absolute atomic E-state index is 4.49. The van der Waals surface area contributed by atoms with Crippen molar-refractivity contribution in [1.82, 2.24) is 9.55 Å². The van der Waals surface area contributed by atoms with Gasteiger partial charge in [-0.3, -0.25) is 0 Å². The fourth-order valence-corrected chi connectivity index (χ4v) is 2.65. The molecule has 0 saturated carbocycles. The summed E-state index contributed by atoms with van der Waals surface area (Å²) in [6.45, 7) is 3.36. The summed E-state index contributed by atoms with van der Waals surface area (Å²) in [7, 11) is 0. The molecule has 0 N–H and O–H groups in total. The highest BCUT2D eigenvalue weighted by molar-refractivity contribution is 7.99. The van der Waals surface area contributed by atoms with Crippen LogP contribution in [0.25, 0.3) is 0 Å². The van der Waals surface area contributed by atoms with Crippen molar-refractivity contribution in [3.05, 3.63) is 17.7 Å². The third-order valence-corrected chi connectivity index (χ3v) is 3.67. The van der Waals surface area contributed by atoms with Crippen LogP contribution in [-0.4, -0.2) is 21.1 Å². The van der Waals surface area contributed by atoms with Crippen molar-refractivity contribution in [2.24, 2.45) is 0 Å². The second kappa shape index (κ2) is 4.87. The number of hydrogen-bond acceptors (Lipinski definition) is 2. The Morgan fingerprint density at radius 2 is 2.29 bits per heavy atom. The zero-order chi connectivity index (χ0) is 9.80. The molecule has 1 heterocycles. The molecule has 1 aliphatic carbocycles. The van der Waals surface area contributed by atoms with Crippen molar-refractivity contribution >= 4 is 11.8 Å². The molecule has 0 amide bonds. The van der Waals surface area contributed by atoms with E-state index in [0.29, 0.717) is 0 Å². The molecule has 3 heteroatoms. The minimum absolute atomic E-state index is 1.14. The molecule has 0 atom stereocenters. The number of rotatable bonds is 4. The summed E-state index contributed by atoms with van der Waals surface area (Å²) in [5.74, 6) is 2.44. The van der Waals surface area contributed by atoms with E-state index in [4.69, 9.17) is 0 Å². The highest BCUT2D eigenvalue weighted by atomic mass is 32.2. The number of nitrogens with zero attached hydrogens (tertiary/aromatic N) is 2. The Bertz CT molecular complexity index is 293. The molecule has 0 aliphatic heterocycles. The largest absolute Gasteiger partial charge is 0.333 e. The van der Waals surface area contributed by atoms with Crippen LogP contribution in [0.2, 0.25) is 0 Å². The van der Waals surface area contributed by atoms with Crippen LogP contribution < -0.4 is 0 Å². The molecule has 78 valence electrons. The Hall–Kier alpha value is -0.440. The van der Waals surface area contributed by atoms with E-state index in [1.165, 1.54) is 48.6 Å². The van der Waals surface area contributed by atoms with Crippen molar-refractivity contribution in [2.75, 3.05) is 11.5 Å². The SMILES string of the molecule is CCSCCn1cnc2c1CCCC2. The first-order chi connectivity index (χ1) is 6.92. The monoisotopic (exact) mass is 210 g/mol. The van der Waals surface area contributed by atoms with Gasteiger partial charge in [-0.25, -0.2) is 4.98 Å². The molecule has 0 bridgehead atoms. The number of thioether (sulfide) groups is 1. The predicted octanol–water partition coefficient (Wildman–Crippen LogP) is 2.52. The van der Waals surface area contributed by atoms with E-state index in [1.807, 2.05) is 18.1 Å². The predicted molar refractivity (Wildman–Crippen MR) is 61.9 cm³/mol. The molecule has 2 rings (SSSR count). The van der Waals surface area contributed by atoms with Gasteiger partial charge in [0, 0.05) is 18.0 Å². The summed E-state index contributed by atoms with van der Waals surface area (Å²) in [5, 5.41) is 0. The van der Waals surface area contributed by atoms with Gasteiger partial charge in [-0.05, 0) is 31.4 Å². The second-order valence-corrected chi connectivity index (χ2v) is 5.13. The molecular formula is C11H18N2S. The number of fused-ring (bicyclic) bond motifs is 1. The standard InChI is InChI=1S/C11H18N2S/c1-2-14-8-7-13-9-12-10-5-3-4-6-11(10)13/h9H,2-8H2,1H3. The smallest absolute Gasteiger partial charge is 0.0951 e. The minimum Gasteiger partial charge on any atom is -0.333 e. The lowest BCUT2D eigenvalue weighted by atomic mass is 10.0. The van der Waals surface area contributed by atoms with Gasteiger partial charge < -0.3 is 4.57 Å². The van der Waals surface area contributed by atoms with Crippen LogP contribution >= 0.6 is 11.8 Å². The Kier molecular flexibility index (Phi) is 3.51. The van der Waals surface area contributed by atoms with Crippen LogP contribution in [0.5, 0.6) is 0 Å². The lowest BCUT2D eigenvalue weighted by molar-refractivity contribution is 0.623. The first kappa shape index (κ1) is 10.1. The zero-order valence-corrected chi connectivity index (χ0v) is 9.65. The topological polar surface area (TPSA) is 17.8 Å². The van der Waals surface area contributed by atoms with Crippen molar-refractivity contribution in [3.63, 3.8) is 0 Å². The second-order valence-electron chi connectivity index (χ2n) is 3.74. The van der Waals surface area contributed by atoms with Gasteiger partial charge in [-0.15, -0.1) is 0 Å². The maximum atomic E-state index is 4.49. The first-order valence-corrected chi connectivity index (χ1v) is 6.68. The van der Waals surface area contributed by atoms with Gasteiger partial charge in [0.15, 0.2) is 0 Å². The van der Waals surface area contributed by atoms with E-state index in [1.54, 1.807) is 0 Å². The molecule has 0 fully saturated rings. The molecule has 14 heavy (non-hydrogen) atoms. The molecule has 0 radical (unpaired) electrons. The van der Waals surface area contributed by atoms with E-state index < -0.39 is 0 Å². The Balaban J connectivity index is 1.99. The molecule has 0 saturated heterocycles. The summed E-state index contributed by atoms with van der Waals surface area (Å²) in [6.07, 6.45) is 7.15. The van der Waals surface area contributed by atoms with Gasteiger partial charge >= 0.3 is 0 Å². The minimum atomic E-state index is 1.14. The van der Waals surface area contributed by atoms with Gasteiger partial charge in [-0.2, -0.15) is 11.8 Å². The maximum Gasteiger partial charge on any atom is 0.0951 e. The van der Waals surface area contributed by atoms with Gasteiger partial charge in [-0.1, -0.05) is 6.92 Å². The highest BCUT2D eigenvalue weighted by Crippen LogP contribution is 2.20. The molecule has 0 spiro atoms. The normalized spacial score (nSPS) is 15.5. The van der Waals surface area contributed by atoms with Crippen molar-refractivity contribution in [2.45, 2.75) is 39.2 Å². The summed E-state index contributed by atoms with van der Waals surface area (Å²) >= 11 is 2.01. The summed E-state index contributed by atoms with van der Waals surface area (Å²) in [6, 6.07) is 0. The number of hydrogen-bond donors (Lipinski definition) is 0. The zero-order valence-electron chi connectivity index (χ0n) is 8.83. The van der Waals surface area contributed by atoms with Crippen LogP contribution in [0.15, 0.2) is 6.33 Å². The van der Waals surface area contributed by atoms with Gasteiger partial charge in [0.25, 0.3) is 0 Å². The van der Waals surface area contributed by atoms with Crippen molar-refractivity contribution in [1.29, 1.82) is 0 Å². The van der Waals surface area contributed by atoms with E-state index in [2.05, 4.69) is 16.5 Å². The first-order valence-electron chi connectivity index (χ1n) is 5.52. The van der Waals surface area contributed by atoms with Crippen LogP contribution in [0, 0.1) is 0 Å². The van der Waals surface area contributed by atoms with Crippen molar-refractivity contribution in [3.8, 4) is 0 Å². The third-order valence-electron chi connectivity index (χ3n) is 2.79. The number of imidazole rings is 1. The molecule has 0 unspecified atom stereocenters. The van der Waals surface area contributed by atoms with E-state index in [-0.39, 0.29) is 0 Å². The lowest BCUT2D eigenvalue weighted by Gasteiger charge is -2.13. The van der Waals surface area contributed by atoms with Crippen molar-refractivity contribution < 1.29 is 0 Å². The number of aromatic nitrogens is 2. The highest BCUT2D eigenvalue weighted by Gasteiger charge is 2.14. The molecule has 0 aromatic carbocycles. The number of aryl methyl sites for hydroxylation is 2. The summed E-state index contributed by atoms with van der Waals surface area (Å²) in [5.41, 5.74) is 2.87. The summed E-state index contributed by atoms with van der Waals surface area (Å²) < 4.78 is 2.36. The van der Waals surface area contributed by atoms with E-state index in [0.717, 1.165) is 6.54 Å². The van der Waals surface area contributed by atoms with Crippen LogP contribution in [0.1, 0.15) is 31.2 Å². The summed E-state index contributed by atoms with van der Waals surface area (Å²) in [4.78, 5) is 4.49. The van der Waals surface area contributed by atoms with Gasteiger partial charge in [0.05, 0.1) is 12.0 Å². The Morgan fingerprint density at radius 1 is 1.43 bits per heavy atom. The van der Waals surface area contributed by atoms with E-state index >= 15 is 0 Å². The molecule has 1 aromatic rings. The Labute approximate surface area is 90.1 Å². The van der Waals surface area contributed by atoms with Gasteiger partial charge in [0.1, 0.15) is 0 Å². The average Bonchev–Trinajstić information content (AvgIpc) is 2.63. The van der Waals surface area contributed by atoms with Crippen LogP contribution in [0.3, 0.4) is 0 Å². The Morgan fingerprint density at radius 3 is 3.14 bits per heavy atom. The molecular weight excluding hydrogens is 192 g/mol. The fraction of sp³-hybridized carbons (Fsp3) is 0.727. The van der Waals surface area contributed by atoms with Crippen LogP contribution in [0.4, 0.5) is 0 Å². The molecule has 1 aliphatic rings. The third kappa shape index (κ3) is 2.14. The van der Waals surface area contributed by atoms with Gasteiger partial charge in [0.2, 0.25) is 0 Å². The van der Waals surface area contributed by atoms with E-state index in [9.17, 15) is 0 Å². The van der Waals surface area contributed by atoms with Crippen LogP contribution in [-0.2, 0) is 19.4 Å². The fourth-order valence-electron chi connectivity index (χ4n) is 2.03.